The van der Waals surface area contributed by atoms with Crippen molar-refractivity contribution >= 4 is 72.1 Å². The molecule has 0 aliphatic carbocycles. The van der Waals surface area contributed by atoms with Crippen molar-refractivity contribution in [3.8, 4) is 22.8 Å². The van der Waals surface area contributed by atoms with E-state index in [0.717, 1.165) is 26.5 Å². The van der Waals surface area contributed by atoms with E-state index >= 15 is 0 Å². The molecule has 1 saturated heterocycles. The van der Waals surface area contributed by atoms with E-state index in [4.69, 9.17) is 29.7 Å². The Hall–Kier alpha value is -6.30. The number of nitrogens with one attached hydrogen (secondary N) is 2. The van der Waals surface area contributed by atoms with E-state index in [1.807, 2.05) is 27.7 Å². The van der Waals surface area contributed by atoms with Crippen molar-refractivity contribution in [3.05, 3.63) is 177 Å². The summed E-state index contributed by atoms with van der Waals surface area (Å²) in [6.07, 6.45) is 7.01. The zero-order chi connectivity index (χ0) is 59.6. The molecule has 1 aliphatic heterocycles. The summed E-state index contributed by atoms with van der Waals surface area (Å²) in [6, 6.07) is 15.6. The third kappa shape index (κ3) is 21.2. The Labute approximate surface area is 491 Å². The SMILES string of the molecule is C.CC(O)CBr.CC(O)Cn1cc(-c2nc(C(=O)NCc3c(F)cccc3F)c(N)nc2-c2ncco2)ccc1=O.CC(O)Cn1cc(B2OC(C)(C)C(C)(C)O2)ccc1=O.CC(O)Cn1cc(Br)ccc1=O.O=c1ccc(Br)c[nH]1. The number of H-pyrrole nitrogens is 1. The van der Waals surface area contributed by atoms with Gasteiger partial charge in [-0.3, -0.25) is 24.0 Å². The van der Waals surface area contributed by atoms with E-state index in [0.29, 0.717) is 17.4 Å². The van der Waals surface area contributed by atoms with Crippen LogP contribution in [0, 0.1) is 11.6 Å². The Morgan fingerprint density at radius 1 is 0.728 bits per heavy atom. The van der Waals surface area contributed by atoms with E-state index in [2.05, 4.69) is 73.0 Å². The molecular formula is C54H67BBr3F2N9O12. The molecule has 7 aromatic rings. The summed E-state index contributed by atoms with van der Waals surface area (Å²) >= 11 is 9.48. The molecule has 0 saturated carbocycles. The number of amides is 1. The number of halogens is 5. The molecule has 4 unspecified atom stereocenters. The molecule has 7 heterocycles. The standard InChI is InChI=1S/C23H20F2N6O4.C14H22BNO4.C8H10BrNO2.C5H4BrNO.C3H7BrO.CH4/c1-12(32)10-31-11-13(5-6-17(31)33)18-19(23-27-7-8-35-23)30-21(26)20(29-18)22(34)28-9-14-15(24)3-2-4-16(14)25;1-10(17)8-16-9-11(6-7-12(16)18)15-19-13(2,3)14(4,5)20-15;1-6(11)4-10-5-7(9)2-3-8(10)12;6-4-1-2-5(8)7-3-4;1-3(5)2-4;/h2-8,11-12,32H,9-10H2,1H3,(H2,26,30)(H,28,34);6-7,9-10,17H,8H2,1-5H3;2-3,5-6,11H,4H2,1H3;1-3H,(H,7,8);3,5H,2H2,1H3;1H4. The number of anilines is 1. The minimum absolute atomic E-state index is 0. The van der Waals surface area contributed by atoms with E-state index < -0.39 is 60.7 Å². The first-order valence-electron chi connectivity index (χ1n) is 24.6. The van der Waals surface area contributed by atoms with Gasteiger partial charge in [-0.15, -0.1) is 0 Å². The number of aliphatic hydroxyl groups is 4. The molecule has 81 heavy (non-hydrogen) atoms. The maximum absolute atomic E-state index is 13.9. The number of aromatic nitrogens is 7. The number of aliphatic hydroxyl groups excluding tert-OH is 4. The number of nitrogen functional groups attached to an aromatic ring is 1. The number of nitrogens with zero attached hydrogens (tertiary/aromatic N) is 6. The maximum Gasteiger partial charge on any atom is 0.496 e. The number of hydrogen-bond acceptors (Lipinski definition) is 16. The van der Waals surface area contributed by atoms with Crippen molar-refractivity contribution < 1.29 is 47.7 Å². The molecule has 27 heteroatoms. The fraction of sp³-hybridized carbons (Fsp3) is 0.370. The highest BCUT2D eigenvalue weighted by molar-refractivity contribution is 9.10. The van der Waals surface area contributed by atoms with Crippen molar-refractivity contribution in [1.29, 1.82) is 0 Å². The molecule has 0 spiro atoms. The third-order valence-electron chi connectivity index (χ3n) is 11.3. The van der Waals surface area contributed by atoms with Crippen LogP contribution in [-0.4, -0.2) is 108 Å². The lowest BCUT2D eigenvalue weighted by atomic mass is 9.80. The smallest absolute Gasteiger partial charge is 0.443 e. The Morgan fingerprint density at radius 3 is 1.72 bits per heavy atom. The molecule has 8 rings (SSSR count). The Balaban J connectivity index is 0.000000313. The second-order valence-electron chi connectivity index (χ2n) is 19.1. The van der Waals surface area contributed by atoms with Crippen LogP contribution in [0.3, 0.4) is 0 Å². The van der Waals surface area contributed by atoms with Crippen LogP contribution in [0.5, 0.6) is 0 Å². The van der Waals surface area contributed by atoms with Gasteiger partial charge in [-0.2, -0.15) is 0 Å². The van der Waals surface area contributed by atoms with Crippen LogP contribution in [0.1, 0.15) is 78.9 Å². The van der Waals surface area contributed by atoms with Crippen LogP contribution in [0.4, 0.5) is 14.6 Å². The molecule has 0 bridgehead atoms. The van der Waals surface area contributed by atoms with E-state index in [-0.39, 0.29) is 83.2 Å². The fourth-order valence-electron chi connectivity index (χ4n) is 6.78. The lowest BCUT2D eigenvalue weighted by Gasteiger charge is -2.32. The molecule has 4 atom stereocenters. The fourth-order valence-corrected chi connectivity index (χ4v) is 7.40. The number of hydrogen-bond donors (Lipinski definition) is 7. The average molecular weight is 1320 g/mol. The van der Waals surface area contributed by atoms with Gasteiger partial charge in [-0.25, -0.2) is 23.7 Å². The zero-order valence-corrected chi connectivity index (χ0v) is 49.7. The number of nitrogens with two attached hydrogens (primary N) is 1. The van der Waals surface area contributed by atoms with Gasteiger partial charge in [-0.05, 0) is 123 Å². The predicted molar refractivity (Wildman–Crippen MR) is 316 cm³/mol. The van der Waals surface area contributed by atoms with Gasteiger partial charge in [-0.1, -0.05) is 35.5 Å². The van der Waals surface area contributed by atoms with E-state index in [1.165, 1.54) is 75.7 Å². The van der Waals surface area contributed by atoms with Crippen LogP contribution < -0.4 is 38.8 Å². The normalized spacial score (nSPS) is 14.3. The van der Waals surface area contributed by atoms with Crippen LogP contribution in [-0.2, 0) is 35.5 Å². The number of carbonyl (C=O) groups is 1. The monoisotopic (exact) mass is 1320 g/mol. The van der Waals surface area contributed by atoms with Crippen molar-refractivity contribution in [1.82, 2.24) is 39.0 Å². The van der Waals surface area contributed by atoms with Gasteiger partial charge < -0.3 is 63.9 Å². The molecule has 1 fully saturated rings. The average Bonchev–Trinajstić information content (AvgIpc) is 4.27. The molecule has 1 aliphatic rings. The first kappa shape index (κ1) is 69.0. The van der Waals surface area contributed by atoms with Gasteiger partial charge in [0.05, 0.1) is 61.4 Å². The lowest BCUT2D eigenvalue weighted by molar-refractivity contribution is 0.00578. The van der Waals surface area contributed by atoms with Crippen molar-refractivity contribution in [2.24, 2.45) is 0 Å². The van der Waals surface area contributed by atoms with Gasteiger partial charge in [0.2, 0.25) is 11.4 Å². The second-order valence-corrected chi connectivity index (χ2v) is 21.6. The number of alkyl halides is 1. The van der Waals surface area contributed by atoms with Crippen molar-refractivity contribution in [3.63, 3.8) is 0 Å². The van der Waals surface area contributed by atoms with Gasteiger partial charge >= 0.3 is 7.12 Å². The van der Waals surface area contributed by atoms with Crippen LogP contribution in [0.15, 0.2) is 137 Å². The quantitative estimate of drug-likeness (QED) is 0.0500. The van der Waals surface area contributed by atoms with Gasteiger partial charge in [0, 0.05) is 81.0 Å². The first-order chi connectivity index (χ1) is 37.5. The molecule has 1 amide bonds. The summed E-state index contributed by atoms with van der Waals surface area (Å²) in [7, 11) is -0.499. The molecule has 0 radical (unpaired) electrons. The Kier molecular flexibility index (Phi) is 27.1. The minimum Gasteiger partial charge on any atom is -0.443 e. The molecule has 21 nitrogen and oxygen atoms in total. The predicted octanol–water partition coefficient (Wildman–Crippen LogP) is 6.19. The highest BCUT2D eigenvalue weighted by atomic mass is 79.9. The number of pyridine rings is 4. The number of benzene rings is 1. The first-order valence-corrected chi connectivity index (χ1v) is 27.3. The van der Waals surface area contributed by atoms with Gasteiger partial charge in [0.1, 0.15) is 23.6 Å². The highest BCUT2D eigenvalue weighted by Gasteiger charge is 2.51. The maximum atomic E-state index is 13.9. The summed E-state index contributed by atoms with van der Waals surface area (Å²) in [6.45, 7) is 14.6. The van der Waals surface area contributed by atoms with Crippen molar-refractivity contribution in [2.75, 3.05) is 11.1 Å². The van der Waals surface area contributed by atoms with Crippen LogP contribution >= 0.6 is 47.8 Å². The third-order valence-corrected chi connectivity index (χ3v) is 13.2. The second kappa shape index (κ2) is 31.8. The molecule has 438 valence electrons. The molecule has 1 aromatic carbocycles. The summed E-state index contributed by atoms with van der Waals surface area (Å²) < 4.78 is 51.0. The van der Waals surface area contributed by atoms with Crippen LogP contribution in [0.2, 0.25) is 0 Å². The topological polar surface area (TPSA) is 305 Å². The lowest BCUT2D eigenvalue weighted by Crippen LogP contribution is -2.41. The summed E-state index contributed by atoms with van der Waals surface area (Å²) in [5, 5.41) is 39.6. The largest absolute Gasteiger partial charge is 0.496 e. The number of aromatic amines is 1. The molecular weight excluding hydrogens is 1260 g/mol. The van der Waals surface area contributed by atoms with Crippen molar-refractivity contribution in [2.45, 2.75) is 125 Å². The summed E-state index contributed by atoms with van der Waals surface area (Å²) in [4.78, 5) is 73.4. The summed E-state index contributed by atoms with van der Waals surface area (Å²) in [5.74, 6) is -2.66. The highest BCUT2D eigenvalue weighted by Crippen LogP contribution is 2.36. The van der Waals surface area contributed by atoms with Crippen LogP contribution in [0.25, 0.3) is 22.8 Å². The molecule has 6 aromatic heterocycles. The number of oxazole rings is 1. The summed E-state index contributed by atoms with van der Waals surface area (Å²) in [5.41, 5.74) is 5.20. The van der Waals surface area contributed by atoms with Gasteiger partial charge in [0.15, 0.2) is 17.2 Å². The van der Waals surface area contributed by atoms with Gasteiger partial charge in [0.25, 0.3) is 22.6 Å². The van der Waals surface area contributed by atoms with E-state index in [9.17, 15) is 43.0 Å². The number of rotatable bonds is 13. The minimum atomic E-state index is -0.824. The Bertz CT molecular complexity index is 3340. The Morgan fingerprint density at radius 2 is 1.23 bits per heavy atom. The number of carbonyl (C=O) groups excluding carboxylic acids is 1. The zero-order valence-electron chi connectivity index (χ0n) is 44.9. The van der Waals surface area contributed by atoms with E-state index in [1.54, 1.807) is 57.6 Å². The molecule has 8 N–H and O–H groups in total.